The second-order valence-corrected chi connectivity index (χ2v) is 10.3. The van der Waals surface area contributed by atoms with Crippen LogP contribution in [0.4, 0.5) is 40.9 Å². The molecule has 0 saturated carbocycles. The summed E-state index contributed by atoms with van der Waals surface area (Å²) in [6, 6.07) is 9.90. The van der Waals surface area contributed by atoms with Gasteiger partial charge in [0.1, 0.15) is 5.82 Å². The van der Waals surface area contributed by atoms with Crippen molar-refractivity contribution in [1.29, 1.82) is 0 Å². The van der Waals surface area contributed by atoms with Crippen molar-refractivity contribution >= 4 is 29.1 Å². The number of carbonyl (C=O) groups is 2. The quantitative estimate of drug-likeness (QED) is 0.459. The lowest BCUT2D eigenvalue weighted by Crippen LogP contribution is -2.56. The molecule has 1 atom stereocenters. The van der Waals surface area contributed by atoms with Crippen LogP contribution < -0.4 is 4.90 Å². The molecule has 218 valence electrons. The minimum atomic E-state index is -5.08. The molecule has 0 radical (unpaired) electrons. The molecule has 1 spiro atoms. The van der Waals surface area contributed by atoms with Gasteiger partial charge in [-0.05, 0) is 37.6 Å². The van der Waals surface area contributed by atoms with Gasteiger partial charge >= 0.3 is 24.3 Å². The maximum Gasteiger partial charge on any atom is 0.490 e. The van der Waals surface area contributed by atoms with Gasteiger partial charge < -0.3 is 15.1 Å². The van der Waals surface area contributed by atoms with Gasteiger partial charge in [0.15, 0.2) is 0 Å². The number of rotatable bonds is 3. The molecule has 2 aliphatic heterocycles. The van der Waals surface area contributed by atoms with Gasteiger partial charge in [0, 0.05) is 55.1 Å². The Hall–Kier alpha value is -3.01. The largest absolute Gasteiger partial charge is 0.490 e. The number of hydrogen-bond acceptors (Lipinski definition) is 6. The van der Waals surface area contributed by atoms with Crippen molar-refractivity contribution in [2.24, 2.45) is 5.41 Å². The van der Waals surface area contributed by atoms with Crippen LogP contribution in [-0.4, -0.2) is 76.5 Å². The molecule has 16 heteroatoms. The van der Waals surface area contributed by atoms with Crippen molar-refractivity contribution in [1.82, 2.24) is 9.88 Å². The van der Waals surface area contributed by atoms with Crippen LogP contribution in [0.2, 0.25) is 0 Å². The van der Waals surface area contributed by atoms with E-state index in [1.165, 1.54) is 9.75 Å². The summed E-state index contributed by atoms with van der Waals surface area (Å²) in [6.07, 6.45) is -7.96. The number of alkyl halides is 8. The Morgan fingerprint density at radius 3 is 2.00 bits per heavy atom. The van der Waals surface area contributed by atoms with E-state index >= 15 is 0 Å². The van der Waals surface area contributed by atoms with Crippen LogP contribution in [0.3, 0.4) is 0 Å². The topological polar surface area (TPSA) is 94.0 Å². The molecule has 2 aromatic heterocycles. The van der Waals surface area contributed by atoms with Gasteiger partial charge in [-0.2, -0.15) is 26.3 Å². The van der Waals surface area contributed by atoms with Crippen molar-refractivity contribution in [3.8, 4) is 0 Å². The summed E-state index contributed by atoms with van der Waals surface area (Å²) < 4.78 is 93.3. The molecule has 0 amide bonds. The first kappa shape index (κ1) is 32.2. The second-order valence-electron chi connectivity index (χ2n) is 8.92. The van der Waals surface area contributed by atoms with Gasteiger partial charge in [-0.3, -0.25) is 4.90 Å². The van der Waals surface area contributed by atoms with E-state index < -0.39 is 35.6 Å². The zero-order chi connectivity index (χ0) is 29.6. The van der Waals surface area contributed by atoms with Crippen molar-refractivity contribution in [3.05, 3.63) is 46.3 Å². The Kier molecular flexibility index (Phi) is 10.3. The van der Waals surface area contributed by atoms with Crippen molar-refractivity contribution in [2.75, 3.05) is 31.1 Å². The summed E-state index contributed by atoms with van der Waals surface area (Å²) in [5.74, 6) is -7.32. The molecule has 0 aliphatic carbocycles. The number of pyridine rings is 1. The van der Waals surface area contributed by atoms with E-state index in [-0.39, 0.29) is 6.42 Å². The van der Waals surface area contributed by atoms with E-state index in [0.29, 0.717) is 32.6 Å². The molecule has 4 heterocycles. The van der Waals surface area contributed by atoms with Crippen LogP contribution in [0.25, 0.3) is 0 Å². The van der Waals surface area contributed by atoms with Crippen molar-refractivity contribution in [3.63, 3.8) is 0 Å². The van der Waals surface area contributed by atoms with Crippen molar-refractivity contribution in [2.45, 2.75) is 44.6 Å². The van der Waals surface area contributed by atoms with E-state index in [2.05, 4.69) is 28.9 Å². The van der Waals surface area contributed by atoms with Crippen molar-refractivity contribution < 1.29 is 54.9 Å². The molecule has 0 aromatic carbocycles. The van der Waals surface area contributed by atoms with Crippen LogP contribution in [0.1, 0.15) is 22.6 Å². The highest BCUT2D eigenvalue weighted by atomic mass is 32.1. The molecule has 2 fully saturated rings. The number of nitrogens with zero attached hydrogens (tertiary/aromatic N) is 3. The number of piperidine rings is 1. The van der Waals surface area contributed by atoms with Gasteiger partial charge in [0.25, 0.3) is 5.92 Å². The minimum absolute atomic E-state index is 0.0482. The number of likely N-dealkylation sites (tertiary alicyclic amines) is 1. The Morgan fingerprint density at radius 1 is 0.949 bits per heavy atom. The molecule has 0 bridgehead atoms. The molecule has 39 heavy (non-hydrogen) atoms. The third-order valence-electron chi connectivity index (χ3n) is 6.03. The normalized spacial score (nSPS) is 21.0. The highest BCUT2D eigenvalue weighted by molar-refractivity contribution is 7.11. The first-order valence-corrected chi connectivity index (χ1v) is 12.1. The van der Waals surface area contributed by atoms with Gasteiger partial charge in [-0.15, -0.1) is 11.3 Å². The van der Waals surface area contributed by atoms with E-state index in [1.807, 2.05) is 23.1 Å². The Bertz CT molecular complexity index is 1090. The predicted molar refractivity (Wildman–Crippen MR) is 125 cm³/mol. The van der Waals surface area contributed by atoms with Crippen LogP contribution in [0, 0.1) is 12.3 Å². The fraction of sp³-hybridized carbons (Fsp3) is 0.522. The molecule has 1 unspecified atom stereocenters. The van der Waals surface area contributed by atoms with Gasteiger partial charge in [-0.25, -0.2) is 23.4 Å². The highest BCUT2D eigenvalue weighted by Crippen LogP contribution is 2.50. The summed E-state index contributed by atoms with van der Waals surface area (Å²) in [6.45, 7) is 4.83. The van der Waals surface area contributed by atoms with Crippen LogP contribution >= 0.6 is 11.3 Å². The number of thiophene rings is 1. The van der Waals surface area contributed by atoms with E-state index in [0.717, 1.165) is 12.4 Å². The number of anilines is 1. The van der Waals surface area contributed by atoms with Gasteiger partial charge in [0.05, 0.1) is 5.41 Å². The monoisotopic (exact) mass is 591 g/mol. The molecule has 4 rings (SSSR count). The average Bonchev–Trinajstić information content (AvgIpc) is 3.44. The third-order valence-corrected chi connectivity index (χ3v) is 7.02. The predicted octanol–water partition coefficient (Wildman–Crippen LogP) is 5.46. The first-order chi connectivity index (χ1) is 17.9. The zero-order valence-corrected chi connectivity index (χ0v) is 21.2. The molecule has 2 saturated heterocycles. The Balaban J connectivity index is 0.000000317. The SMILES string of the molecule is Cc1ccc(CN2CCC(F)(F)C3(CCN(c4ccccn4)C3)C2)s1.O=C(O)C(F)(F)F.O=C(O)C(F)(F)F. The fourth-order valence-electron chi connectivity index (χ4n) is 4.15. The van der Waals surface area contributed by atoms with Crippen LogP contribution in [-0.2, 0) is 16.1 Å². The Morgan fingerprint density at radius 2 is 1.54 bits per heavy atom. The molecule has 2 aromatic rings. The summed E-state index contributed by atoms with van der Waals surface area (Å²) in [5.41, 5.74) is -0.963. The smallest absolute Gasteiger partial charge is 0.475 e. The third kappa shape index (κ3) is 9.02. The molecule has 2 aliphatic rings. The number of aryl methyl sites for hydroxylation is 1. The Labute approximate surface area is 221 Å². The zero-order valence-electron chi connectivity index (χ0n) is 20.4. The maximum absolute atomic E-state index is 14.9. The number of aliphatic carboxylic acids is 2. The standard InChI is InChI=1S/C19H23F2N3S.2C2HF3O2/c1-15-5-6-16(25-15)12-23-10-8-19(20,21)18(13-23)7-11-24(14-18)17-4-2-3-9-22-17;2*3-2(4,5)1(6)7/h2-6,9H,7-8,10-14H2,1H3;2*(H,6,7). The average molecular weight is 592 g/mol. The number of carboxylic acid groups (broad SMARTS) is 2. The first-order valence-electron chi connectivity index (χ1n) is 11.3. The number of halogens is 8. The lowest BCUT2D eigenvalue weighted by molar-refractivity contribution is -0.193. The fourth-order valence-corrected chi connectivity index (χ4v) is 5.08. The minimum Gasteiger partial charge on any atom is -0.475 e. The number of aromatic nitrogens is 1. The van der Waals surface area contributed by atoms with Gasteiger partial charge in [-0.1, -0.05) is 6.07 Å². The summed E-state index contributed by atoms with van der Waals surface area (Å²) in [5, 5.41) is 14.2. The maximum atomic E-state index is 14.9. The molecule has 7 nitrogen and oxygen atoms in total. The lowest BCUT2D eigenvalue weighted by atomic mass is 9.75. The second kappa shape index (κ2) is 12.4. The summed E-state index contributed by atoms with van der Waals surface area (Å²) in [4.78, 5) is 28.9. The van der Waals surface area contributed by atoms with E-state index in [4.69, 9.17) is 19.8 Å². The van der Waals surface area contributed by atoms with E-state index in [1.54, 1.807) is 17.5 Å². The van der Waals surface area contributed by atoms with Crippen LogP contribution in [0.5, 0.6) is 0 Å². The number of hydrogen-bond donors (Lipinski definition) is 2. The lowest BCUT2D eigenvalue weighted by Gasteiger charge is -2.45. The highest BCUT2D eigenvalue weighted by Gasteiger charge is 2.59. The molecule has 2 N–H and O–H groups in total. The molecular weight excluding hydrogens is 566 g/mol. The summed E-state index contributed by atoms with van der Waals surface area (Å²) in [7, 11) is 0. The van der Waals surface area contributed by atoms with Crippen LogP contribution in [0.15, 0.2) is 36.5 Å². The summed E-state index contributed by atoms with van der Waals surface area (Å²) >= 11 is 1.76. The molecular formula is C23H25F8N3O4S. The number of carboxylic acids is 2. The van der Waals surface area contributed by atoms with E-state index in [9.17, 15) is 35.1 Å². The van der Waals surface area contributed by atoms with Gasteiger partial charge in [0.2, 0.25) is 0 Å².